The van der Waals surface area contributed by atoms with Crippen LogP contribution >= 0.6 is 22.9 Å². The van der Waals surface area contributed by atoms with Crippen LogP contribution in [0.1, 0.15) is 10.6 Å². The number of carbonyl (C=O) groups excluding carboxylic acids is 1. The maximum atomic E-state index is 12.0. The van der Waals surface area contributed by atoms with Crippen molar-refractivity contribution < 1.29 is 4.79 Å². The van der Waals surface area contributed by atoms with E-state index < -0.39 is 0 Å². The summed E-state index contributed by atoms with van der Waals surface area (Å²) in [5.41, 5.74) is 0.698. The smallest absolute Gasteiger partial charge is 0.293 e. The fourth-order valence-electron chi connectivity index (χ4n) is 1.71. The zero-order valence-corrected chi connectivity index (χ0v) is 11.5. The normalized spacial score (nSPS) is 10.8. The fourth-order valence-corrected chi connectivity index (χ4v) is 2.87. The van der Waals surface area contributed by atoms with Crippen LogP contribution in [0, 0.1) is 0 Å². The molecule has 3 rings (SSSR count). The van der Waals surface area contributed by atoms with Crippen LogP contribution in [0.3, 0.4) is 0 Å². The second kappa shape index (κ2) is 4.64. The fraction of sp³-hybridized carbons (Fsp3) is 0.0833. The Balaban J connectivity index is 1.92. The van der Waals surface area contributed by atoms with E-state index in [1.165, 1.54) is 11.3 Å². The molecule has 0 aliphatic carbocycles. The van der Waals surface area contributed by atoms with Gasteiger partial charge in [0.25, 0.3) is 5.91 Å². The van der Waals surface area contributed by atoms with E-state index in [1.54, 1.807) is 30.1 Å². The highest BCUT2D eigenvalue weighted by atomic mass is 35.5. The molecule has 0 unspecified atom stereocenters. The molecule has 19 heavy (non-hydrogen) atoms. The Bertz CT molecular complexity index is 764. The van der Waals surface area contributed by atoms with Crippen LogP contribution in [0.25, 0.3) is 10.2 Å². The number of benzene rings is 1. The molecule has 1 amide bonds. The predicted molar refractivity (Wildman–Crippen MR) is 75.8 cm³/mol. The van der Waals surface area contributed by atoms with E-state index in [4.69, 9.17) is 11.6 Å². The van der Waals surface area contributed by atoms with E-state index in [2.05, 4.69) is 15.3 Å². The van der Waals surface area contributed by atoms with Gasteiger partial charge < -0.3 is 4.57 Å². The molecule has 3 aromatic rings. The molecule has 0 radical (unpaired) electrons. The number of thiazole rings is 1. The van der Waals surface area contributed by atoms with Gasteiger partial charge in [0.2, 0.25) is 0 Å². The van der Waals surface area contributed by atoms with Gasteiger partial charge in [-0.25, -0.2) is 9.97 Å². The number of nitrogens with zero attached hydrogens (tertiary/aromatic N) is 3. The minimum absolute atomic E-state index is 0.289. The molecule has 0 aliphatic heterocycles. The zero-order valence-electron chi connectivity index (χ0n) is 9.92. The lowest BCUT2D eigenvalue weighted by atomic mass is 10.3. The van der Waals surface area contributed by atoms with Crippen molar-refractivity contribution in [3.63, 3.8) is 0 Å². The summed E-state index contributed by atoms with van der Waals surface area (Å²) in [6.45, 7) is 0. The molecule has 0 bridgehead atoms. The standard InChI is InChI=1S/C12H9ClN4OS/c1-17-6-5-14-10(17)11(18)16-12-15-9-7(13)3-2-4-8(9)19-12/h2-6H,1H3,(H,15,16,18). The number of halogens is 1. The number of fused-ring (bicyclic) bond motifs is 1. The van der Waals surface area contributed by atoms with Crippen LogP contribution in [0.2, 0.25) is 5.02 Å². The lowest BCUT2D eigenvalue weighted by Gasteiger charge is -2.00. The SMILES string of the molecule is Cn1ccnc1C(=O)Nc1nc2c(Cl)cccc2s1. The van der Waals surface area contributed by atoms with Crippen molar-refractivity contribution in [3.8, 4) is 0 Å². The Morgan fingerprint density at radius 1 is 1.47 bits per heavy atom. The number of rotatable bonds is 2. The van der Waals surface area contributed by atoms with E-state index in [-0.39, 0.29) is 5.91 Å². The lowest BCUT2D eigenvalue weighted by molar-refractivity contribution is 0.101. The first-order valence-corrected chi connectivity index (χ1v) is 6.68. The second-order valence-corrected chi connectivity index (χ2v) is 5.36. The third-order valence-electron chi connectivity index (χ3n) is 2.61. The van der Waals surface area contributed by atoms with Crippen LogP contribution in [0.5, 0.6) is 0 Å². The summed E-state index contributed by atoms with van der Waals surface area (Å²) >= 11 is 7.43. The van der Waals surface area contributed by atoms with Crippen molar-refractivity contribution in [1.82, 2.24) is 14.5 Å². The maximum absolute atomic E-state index is 12.0. The summed E-state index contributed by atoms with van der Waals surface area (Å²) in [5, 5.41) is 3.81. The first kappa shape index (κ1) is 12.1. The van der Waals surface area contributed by atoms with Gasteiger partial charge >= 0.3 is 0 Å². The average Bonchev–Trinajstić information content (AvgIpc) is 2.95. The number of para-hydroxylation sites is 1. The molecular weight excluding hydrogens is 284 g/mol. The van der Waals surface area contributed by atoms with E-state index in [1.807, 2.05) is 12.1 Å². The molecule has 0 saturated heterocycles. The van der Waals surface area contributed by atoms with Crippen molar-refractivity contribution >= 4 is 44.2 Å². The Kier molecular flexibility index (Phi) is 2.96. The number of amides is 1. The Morgan fingerprint density at radius 3 is 3.00 bits per heavy atom. The van der Waals surface area contributed by atoms with Gasteiger partial charge in [-0.15, -0.1) is 0 Å². The molecule has 0 saturated carbocycles. The topological polar surface area (TPSA) is 59.8 Å². The number of anilines is 1. The maximum Gasteiger partial charge on any atom is 0.293 e. The number of nitrogens with one attached hydrogen (secondary N) is 1. The van der Waals surface area contributed by atoms with Crippen LogP contribution in [0.4, 0.5) is 5.13 Å². The average molecular weight is 293 g/mol. The van der Waals surface area contributed by atoms with Gasteiger partial charge in [-0.3, -0.25) is 10.1 Å². The molecule has 0 aliphatic rings. The minimum Gasteiger partial charge on any atom is -0.330 e. The molecule has 5 nitrogen and oxygen atoms in total. The molecule has 0 fully saturated rings. The quantitative estimate of drug-likeness (QED) is 0.790. The van der Waals surface area contributed by atoms with Crippen molar-refractivity contribution in [2.45, 2.75) is 0 Å². The van der Waals surface area contributed by atoms with Crippen molar-refractivity contribution in [1.29, 1.82) is 0 Å². The molecule has 2 aromatic heterocycles. The Hall–Kier alpha value is -1.92. The van der Waals surface area contributed by atoms with E-state index >= 15 is 0 Å². The third-order valence-corrected chi connectivity index (χ3v) is 3.86. The first-order chi connectivity index (χ1) is 9.15. The van der Waals surface area contributed by atoms with Gasteiger partial charge in [-0.1, -0.05) is 29.0 Å². The monoisotopic (exact) mass is 292 g/mol. The van der Waals surface area contributed by atoms with Gasteiger partial charge in [0.15, 0.2) is 11.0 Å². The second-order valence-electron chi connectivity index (χ2n) is 3.92. The molecular formula is C12H9ClN4OS. The van der Waals surface area contributed by atoms with Gasteiger partial charge in [0.05, 0.1) is 9.72 Å². The molecule has 96 valence electrons. The van der Waals surface area contributed by atoms with Crippen LogP contribution in [-0.2, 0) is 7.05 Å². The Morgan fingerprint density at radius 2 is 2.32 bits per heavy atom. The number of hydrogen-bond donors (Lipinski definition) is 1. The highest BCUT2D eigenvalue weighted by Gasteiger charge is 2.14. The number of aryl methyl sites for hydroxylation is 1. The summed E-state index contributed by atoms with van der Waals surface area (Å²) in [7, 11) is 1.76. The van der Waals surface area contributed by atoms with Gasteiger partial charge in [-0.2, -0.15) is 0 Å². The van der Waals surface area contributed by atoms with Crippen molar-refractivity contribution in [2.75, 3.05) is 5.32 Å². The molecule has 1 aromatic carbocycles. The molecule has 7 heteroatoms. The van der Waals surface area contributed by atoms with Crippen molar-refractivity contribution in [2.24, 2.45) is 7.05 Å². The van der Waals surface area contributed by atoms with E-state index in [0.29, 0.717) is 21.5 Å². The molecule has 1 N–H and O–H groups in total. The minimum atomic E-state index is -0.289. The Labute approximate surface area is 117 Å². The highest BCUT2D eigenvalue weighted by molar-refractivity contribution is 7.22. The number of aromatic nitrogens is 3. The number of carbonyl (C=O) groups is 1. The van der Waals surface area contributed by atoms with Gasteiger partial charge in [-0.05, 0) is 12.1 Å². The first-order valence-electron chi connectivity index (χ1n) is 5.49. The molecule has 2 heterocycles. The highest BCUT2D eigenvalue weighted by Crippen LogP contribution is 2.30. The molecule has 0 atom stereocenters. The van der Waals surface area contributed by atoms with Crippen LogP contribution < -0.4 is 5.32 Å². The van der Waals surface area contributed by atoms with E-state index in [9.17, 15) is 4.79 Å². The summed E-state index contributed by atoms with van der Waals surface area (Å²) < 4.78 is 2.58. The number of hydrogen-bond acceptors (Lipinski definition) is 4. The lowest BCUT2D eigenvalue weighted by Crippen LogP contribution is -2.16. The van der Waals surface area contributed by atoms with Crippen molar-refractivity contribution in [3.05, 3.63) is 41.4 Å². The predicted octanol–water partition coefficient (Wildman–Crippen LogP) is 2.94. The van der Waals surface area contributed by atoms with Crippen LogP contribution in [0.15, 0.2) is 30.6 Å². The summed E-state index contributed by atoms with van der Waals surface area (Å²) in [4.78, 5) is 20.3. The summed E-state index contributed by atoms with van der Waals surface area (Å²) in [5.74, 6) is 0.0491. The third kappa shape index (κ3) is 2.20. The van der Waals surface area contributed by atoms with Gasteiger partial charge in [0.1, 0.15) is 5.52 Å². The largest absolute Gasteiger partial charge is 0.330 e. The molecule has 0 spiro atoms. The number of imidazole rings is 1. The van der Waals surface area contributed by atoms with Gasteiger partial charge in [0, 0.05) is 19.4 Å². The summed E-state index contributed by atoms with van der Waals surface area (Å²) in [6.07, 6.45) is 3.29. The van der Waals surface area contributed by atoms with Crippen LogP contribution in [-0.4, -0.2) is 20.4 Å². The zero-order chi connectivity index (χ0) is 13.4. The summed E-state index contributed by atoms with van der Waals surface area (Å²) in [6, 6.07) is 5.54. The van der Waals surface area contributed by atoms with E-state index in [0.717, 1.165) is 4.70 Å².